The second-order valence-corrected chi connectivity index (χ2v) is 8.57. The maximum Gasteiger partial charge on any atom is 0.319 e. The fourth-order valence-corrected chi connectivity index (χ4v) is 4.47. The third kappa shape index (κ3) is 4.60. The number of piperidine rings is 1. The maximum atomic E-state index is 12.8. The number of ether oxygens (including phenoxy) is 1. The van der Waals surface area contributed by atoms with Crippen molar-refractivity contribution in [1.82, 2.24) is 25.5 Å². The number of fused-ring (bicyclic) bond motifs is 1. The lowest BCUT2D eigenvalue weighted by atomic mass is 9.88. The van der Waals surface area contributed by atoms with Crippen molar-refractivity contribution in [2.75, 3.05) is 30.4 Å². The molecular formula is C24H24ClN7O2. The fraction of sp³-hybridized carbons (Fsp3) is 0.250. The molecule has 0 radical (unpaired) electrons. The predicted molar refractivity (Wildman–Crippen MR) is 132 cm³/mol. The summed E-state index contributed by atoms with van der Waals surface area (Å²) in [6.07, 6.45) is 5.96. The monoisotopic (exact) mass is 477 g/mol. The molecule has 1 aromatic carbocycles. The van der Waals surface area contributed by atoms with E-state index in [0.717, 1.165) is 35.4 Å². The maximum absolute atomic E-state index is 12.8. The second kappa shape index (κ2) is 9.56. The fourth-order valence-electron chi connectivity index (χ4n) is 4.35. The van der Waals surface area contributed by atoms with Crippen LogP contribution in [0.4, 0.5) is 16.2 Å². The zero-order valence-corrected chi connectivity index (χ0v) is 19.3. The summed E-state index contributed by atoms with van der Waals surface area (Å²) >= 11 is 5.95. The quantitative estimate of drug-likeness (QED) is 0.397. The summed E-state index contributed by atoms with van der Waals surface area (Å²) < 4.78 is 5.27. The standard InChI is InChI=1S/C24H24ClN7O2/c1-34-17-6-7-19(27-12-17)18-14-32(22-8-10-26-21-13-28-31-23(21)22)11-9-20(18)30-24(33)29-16-4-2-15(25)3-5-16/h2-8,10,12-13,18,20H,9,11,14H2,1H3,(H,28,31)(H2,29,30,33)/t18-,20+/m0/s1. The van der Waals surface area contributed by atoms with Crippen LogP contribution in [0, 0.1) is 0 Å². The van der Waals surface area contributed by atoms with Crippen LogP contribution in [0.3, 0.4) is 0 Å². The van der Waals surface area contributed by atoms with Gasteiger partial charge in [0.05, 0.1) is 25.2 Å². The Balaban J connectivity index is 1.38. The lowest BCUT2D eigenvalue weighted by Gasteiger charge is -2.40. The number of anilines is 2. The molecule has 0 aliphatic carbocycles. The molecular weight excluding hydrogens is 454 g/mol. The number of nitrogens with zero attached hydrogens (tertiary/aromatic N) is 4. The summed E-state index contributed by atoms with van der Waals surface area (Å²) in [5.41, 5.74) is 4.31. The van der Waals surface area contributed by atoms with Crippen LogP contribution in [0.1, 0.15) is 18.0 Å². The molecule has 0 saturated carbocycles. The van der Waals surface area contributed by atoms with Crippen molar-refractivity contribution >= 4 is 40.0 Å². The number of hydrogen-bond donors (Lipinski definition) is 3. The molecule has 3 aromatic heterocycles. The average Bonchev–Trinajstić information content (AvgIpc) is 3.35. The summed E-state index contributed by atoms with van der Waals surface area (Å²) in [5, 5.41) is 13.8. The molecule has 0 unspecified atom stereocenters. The molecule has 3 N–H and O–H groups in total. The molecule has 0 bridgehead atoms. The van der Waals surface area contributed by atoms with Gasteiger partial charge in [0.1, 0.15) is 16.8 Å². The van der Waals surface area contributed by atoms with Gasteiger partial charge in [0.2, 0.25) is 0 Å². The number of aromatic nitrogens is 4. The Hall–Kier alpha value is -3.85. The number of halogens is 1. The first-order chi connectivity index (χ1) is 16.6. The number of H-pyrrole nitrogens is 1. The van der Waals surface area contributed by atoms with Gasteiger partial charge in [-0.1, -0.05) is 11.6 Å². The lowest BCUT2D eigenvalue weighted by Crippen LogP contribution is -2.51. The van der Waals surface area contributed by atoms with Gasteiger partial charge in [-0.15, -0.1) is 0 Å². The Morgan fingerprint density at radius 1 is 1.15 bits per heavy atom. The normalized spacial score (nSPS) is 18.0. The van der Waals surface area contributed by atoms with E-state index in [4.69, 9.17) is 16.3 Å². The molecule has 34 heavy (non-hydrogen) atoms. The highest BCUT2D eigenvalue weighted by Crippen LogP contribution is 2.32. The van der Waals surface area contributed by atoms with E-state index in [9.17, 15) is 4.79 Å². The zero-order valence-electron chi connectivity index (χ0n) is 18.5. The van der Waals surface area contributed by atoms with E-state index in [2.05, 4.69) is 35.7 Å². The molecule has 10 heteroatoms. The van der Waals surface area contributed by atoms with E-state index in [1.54, 1.807) is 50.0 Å². The summed E-state index contributed by atoms with van der Waals surface area (Å²) in [5.74, 6) is 0.650. The molecule has 2 amide bonds. The number of methoxy groups -OCH3 is 1. The van der Waals surface area contributed by atoms with Gasteiger partial charge in [0, 0.05) is 47.7 Å². The van der Waals surface area contributed by atoms with Crippen molar-refractivity contribution in [3.05, 3.63) is 71.8 Å². The number of carbonyl (C=O) groups is 1. The van der Waals surface area contributed by atoms with Gasteiger partial charge in [-0.3, -0.25) is 15.1 Å². The SMILES string of the molecule is COc1ccc([C@@H]2CN(c3ccnc4cn[nH]c34)CC[C@H]2NC(=O)Nc2ccc(Cl)cc2)nc1. The minimum atomic E-state index is -0.265. The van der Waals surface area contributed by atoms with Crippen LogP contribution < -0.4 is 20.3 Å². The van der Waals surface area contributed by atoms with Gasteiger partial charge in [0.15, 0.2) is 0 Å². The number of urea groups is 1. The number of nitrogens with one attached hydrogen (secondary N) is 3. The lowest BCUT2D eigenvalue weighted by molar-refractivity contribution is 0.243. The highest BCUT2D eigenvalue weighted by atomic mass is 35.5. The predicted octanol–water partition coefficient (Wildman–Crippen LogP) is 4.20. The summed E-state index contributed by atoms with van der Waals surface area (Å²) in [7, 11) is 1.61. The van der Waals surface area contributed by atoms with E-state index in [1.807, 2.05) is 18.2 Å². The van der Waals surface area contributed by atoms with Crippen LogP contribution in [0.5, 0.6) is 5.75 Å². The van der Waals surface area contributed by atoms with Crippen LogP contribution in [0.2, 0.25) is 5.02 Å². The van der Waals surface area contributed by atoms with Gasteiger partial charge in [-0.2, -0.15) is 5.10 Å². The van der Waals surface area contributed by atoms with E-state index in [1.165, 1.54) is 0 Å². The minimum absolute atomic E-state index is 0.0400. The Kier molecular flexibility index (Phi) is 6.18. The molecule has 174 valence electrons. The highest BCUT2D eigenvalue weighted by molar-refractivity contribution is 6.30. The van der Waals surface area contributed by atoms with E-state index in [-0.39, 0.29) is 18.0 Å². The second-order valence-electron chi connectivity index (χ2n) is 8.14. The van der Waals surface area contributed by atoms with Gasteiger partial charge >= 0.3 is 6.03 Å². The van der Waals surface area contributed by atoms with Crippen molar-refractivity contribution in [1.29, 1.82) is 0 Å². The number of rotatable bonds is 5. The van der Waals surface area contributed by atoms with Crippen LogP contribution >= 0.6 is 11.6 Å². The molecule has 5 rings (SSSR count). The molecule has 4 aromatic rings. The zero-order chi connectivity index (χ0) is 23.5. The average molecular weight is 478 g/mol. The minimum Gasteiger partial charge on any atom is -0.495 e. The third-order valence-corrected chi connectivity index (χ3v) is 6.32. The summed E-state index contributed by atoms with van der Waals surface area (Å²) in [6, 6.07) is 12.5. The first-order valence-corrected chi connectivity index (χ1v) is 11.3. The molecule has 9 nitrogen and oxygen atoms in total. The summed E-state index contributed by atoms with van der Waals surface area (Å²) in [6.45, 7) is 1.43. The van der Waals surface area contributed by atoms with Gasteiger partial charge < -0.3 is 20.3 Å². The number of carbonyl (C=O) groups excluding carboxylic acids is 1. The molecule has 1 saturated heterocycles. The molecule has 4 heterocycles. The first kappa shape index (κ1) is 22.0. The number of pyridine rings is 2. The van der Waals surface area contributed by atoms with Crippen molar-refractivity contribution in [3.8, 4) is 5.75 Å². The Labute approximate surface area is 201 Å². The number of benzene rings is 1. The van der Waals surface area contributed by atoms with Crippen LogP contribution in [-0.2, 0) is 0 Å². The Morgan fingerprint density at radius 3 is 2.76 bits per heavy atom. The largest absolute Gasteiger partial charge is 0.495 e. The van der Waals surface area contributed by atoms with Crippen molar-refractivity contribution in [3.63, 3.8) is 0 Å². The smallest absolute Gasteiger partial charge is 0.319 e. The van der Waals surface area contributed by atoms with E-state index >= 15 is 0 Å². The molecule has 2 atom stereocenters. The first-order valence-electron chi connectivity index (χ1n) is 11.0. The van der Waals surface area contributed by atoms with E-state index < -0.39 is 0 Å². The highest BCUT2D eigenvalue weighted by Gasteiger charge is 2.33. The summed E-state index contributed by atoms with van der Waals surface area (Å²) in [4.78, 5) is 24.1. The molecule has 1 fully saturated rings. The van der Waals surface area contributed by atoms with E-state index in [0.29, 0.717) is 23.0 Å². The van der Waals surface area contributed by atoms with Crippen molar-refractivity contribution in [2.24, 2.45) is 0 Å². The van der Waals surface area contributed by atoms with Gasteiger partial charge in [-0.25, -0.2) is 4.79 Å². The van der Waals surface area contributed by atoms with Crippen LogP contribution in [0.15, 0.2) is 61.1 Å². The van der Waals surface area contributed by atoms with Crippen molar-refractivity contribution < 1.29 is 9.53 Å². The van der Waals surface area contributed by atoms with Crippen LogP contribution in [-0.4, -0.2) is 52.4 Å². The molecule has 1 aliphatic heterocycles. The third-order valence-electron chi connectivity index (χ3n) is 6.07. The van der Waals surface area contributed by atoms with Crippen molar-refractivity contribution in [2.45, 2.75) is 18.4 Å². The molecule has 0 spiro atoms. The Morgan fingerprint density at radius 2 is 2.00 bits per heavy atom. The Bertz CT molecular complexity index is 1280. The van der Waals surface area contributed by atoms with Gasteiger partial charge in [-0.05, 0) is 48.9 Å². The number of amides is 2. The number of aromatic amines is 1. The topological polar surface area (TPSA) is 108 Å². The number of hydrogen-bond acceptors (Lipinski definition) is 6. The van der Waals surface area contributed by atoms with Crippen LogP contribution in [0.25, 0.3) is 11.0 Å². The molecule has 1 aliphatic rings. The van der Waals surface area contributed by atoms with Gasteiger partial charge in [0.25, 0.3) is 0 Å².